The van der Waals surface area contributed by atoms with Crippen LogP contribution in [0, 0.1) is 5.82 Å². The molecule has 4 aromatic rings. The molecule has 0 bridgehead atoms. The quantitative estimate of drug-likeness (QED) is 0.603. The summed E-state index contributed by atoms with van der Waals surface area (Å²) in [5.74, 6) is 0.0526. The second kappa shape index (κ2) is 6.64. The van der Waals surface area contributed by atoms with Crippen LogP contribution in [-0.4, -0.2) is 30.3 Å². The van der Waals surface area contributed by atoms with E-state index in [9.17, 15) is 9.18 Å². The van der Waals surface area contributed by atoms with Crippen molar-refractivity contribution >= 4 is 17.4 Å². The smallest absolute Gasteiger partial charge is 0.225 e. The summed E-state index contributed by atoms with van der Waals surface area (Å²) in [7, 11) is 1.82. The van der Waals surface area contributed by atoms with Gasteiger partial charge in [-0.1, -0.05) is 6.92 Å². The van der Waals surface area contributed by atoms with Gasteiger partial charge in [0.15, 0.2) is 11.5 Å². The first-order valence-electron chi connectivity index (χ1n) is 8.49. The fraction of sp³-hybridized carbons (Fsp3) is 0.158. The number of hydrogen-bond acceptors (Lipinski definition) is 4. The van der Waals surface area contributed by atoms with E-state index in [4.69, 9.17) is 0 Å². The molecular weight excluding hydrogens is 347 g/mol. The maximum Gasteiger partial charge on any atom is 0.225 e. The summed E-state index contributed by atoms with van der Waals surface area (Å²) >= 11 is 0. The molecular formula is C19H17FN6O. The van der Waals surface area contributed by atoms with Crippen LogP contribution in [0.25, 0.3) is 28.2 Å². The van der Waals surface area contributed by atoms with Crippen LogP contribution >= 0.6 is 0 Å². The van der Waals surface area contributed by atoms with E-state index in [0.717, 1.165) is 11.1 Å². The minimum absolute atomic E-state index is 0.107. The van der Waals surface area contributed by atoms with E-state index in [1.165, 1.54) is 12.1 Å². The average Bonchev–Trinajstić information content (AvgIpc) is 3.24. The van der Waals surface area contributed by atoms with Gasteiger partial charge in [0.25, 0.3) is 0 Å². The highest BCUT2D eigenvalue weighted by Gasteiger charge is 2.15. The second-order valence-corrected chi connectivity index (χ2v) is 6.12. The van der Waals surface area contributed by atoms with Crippen molar-refractivity contribution in [2.75, 3.05) is 5.32 Å². The Morgan fingerprint density at radius 3 is 2.63 bits per heavy atom. The number of carbonyl (C=O) groups excluding carboxylic acids is 1. The first kappa shape index (κ1) is 16.9. The Labute approximate surface area is 154 Å². The van der Waals surface area contributed by atoms with Crippen LogP contribution in [0.15, 0.2) is 48.8 Å². The molecule has 0 fully saturated rings. The number of aryl methyl sites for hydroxylation is 1. The van der Waals surface area contributed by atoms with Gasteiger partial charge in [-0.05, 0) is 36.4 Å². The first-order chi connectivity index (χ1) is 13.0. The van der Waals surface area contributed by atoms with Crippen molar-refractivity contribution in [3.05, 3.63) is 54.6 Å². The molecule has 0 atom stereocenters. The largest absolute Gasteiger partial charge is 0.309 e. The van der Waals surface area contributed by atoms with E-state index < -0.39 is 0 Å². The lowest BCUT2D eigenvalue weighted by Crippen LogP contribution is -2.09. The summed E-state index contributed by atoms with van der Waals surface area (Å²) in [6.45, 7) is 1.78. The van der Waals surface area contributed by atoms with Gasteiger partial charge in [0, 0.05) is 30.8 Å². The predicted molar refractivity (Wildman–Crippen MR) is 99.5 cm³/mol. The molecule has 0 saturated heterocycles. The van der Waals surface area contributed by atoms with Gasteiger partial charge in [-0.2, -0.15) is 10.2 Å². The monoisotopic (exact) mass is 364 g/mol. The molecule has 8 heteroatoms. The van der Waals surface area contributed by atoms with E-state index >= 15 is 0 Å². The van der Waals surface area contributed by atoms with Crippen molar-refractivity contribution in [2.24, 2.45) is 7.05 Å². The minimum Gasteiger partial charge on any atom is -0.309 e. The number of amides is 1. The Bertz CT molecular complexity index is 1130. The van der Waals surface area contributed by atoms with Gasteiger partial charge in [-0.15, -0.1) is 0 Å². The molecule has 0 unspecified atom stereocenters. The number of nitrogens with one attached hydrogen (secondary N) is 1. The third-order valence-electron chi connectivity index (χ3n) is 4.13. The van der Waals surface area contributed by atoms with Crippen molar-refractivity contribution in [1.82, 2.24) is 24.4 Å². The molecule has 136 valence electrons. The molecule has 1 amide bonds. The number of nitrogens with zero attached hydrogens (tertiary/aromatic N) is 5. The Morgan fingerprint density at radius 1 is 1.11 bits per heavy atom. The van der Waals surface area contributed by atoms with E-state index in [1.807, 2.05) is 25.4 Å². The van der Waals surface area contributed by atoms with Crippen LogP contribution in [0.2, 0.25) is 0 Å². The standard InChI is InChI=1S/C19H17FN6O/c1-3-18(27)22-16-11-26-17(21-16)9-8-15(23-26)14-10-25(2)24-19(14)12-4-6-13(20)7-5-12/h4-11H,3H2,1-2H3,(H,22,27). The summed E-state index contributed by atoms with van der Waals surface area (Å²) in [5, 5.41) is 11.8. The maximum atomic E-state index is 13.2. The van der Waals surface area contributed by atoms with E-state index in [0.29, 0.717) is 29.3 Å². The lowest BCUT2D eigenvalue weighted by molar-refractivity contribution is -0.115. The van der Waals surface area contributed by atoms with Gasteiger partial charge in [0.1, 0.15) is 11.5 Å². The fourth-order valence-electron chi connectivity index (χ4n) is 2.81. The molecule has 3 aromatic heterocycles. The Kier molecular flexibility index (Phi) is 4.15. The zero-order valence-corrected chi connectivity index (χ0v) is 14.8. The van der Waals surface area contributed by atoms with Crippen molar-refractivity contribution in [3.8, 4) is 22.5 Å². The van der Waals surface area contributed by atoms with Crippen LogP contribution in [0.4, 0.5) is 10.2 Å². The fourth-order valence-corrected chi connectivity index (χ4v) is 2.81. The van der Waals surface area contributed by atoms with Crippen LogP contribution < -0.4 is 5.32 Å². The van der Waals surface area contributed by atoms with Crippen LogP contribution in [-0.2, 0) is 11.8 Å². The molecule has 1 N–H and O–H groups in total. The first-order valence-corrected chi connectivity index (χ1v) is 8.49. The molecule has 0 aliphatic rings. The lowest BCUT2D eigenvalue weighted by Gasteiger charge is -2.03. The zero-order chi connectivity index (χ0) is 19.0. The van der Waals surface area contributed by atoms with Crippen molar-refractivity contribution < 1.29 is 9.18 Å². The van der Waals surface area contributed by atoms with Gasteiger partial charge in [-0.3, -0.25) is 9.48 Å². The molecule has 0 aliphatic heterocycles. The van der Waals surface area contributed by atoms with Gasteiger partial charge in [-0.25, -0.2) is 13.9 Å². The normalized spacial score (nSPS) is 11.1. The number of aromatic nitrogens is 5. The molecule has 7 nitrogen and oxygen atoms in total. The lowest BCUT2D eigenvalue weighted by atomic mass is 10.1. The number of anilines is 1. The van der Waals surface area contributed by atoms with Crippen molar-refractivity contribution in [1.29, 1.82) is 0 Å². The van der Waals surface area contributed by atoms with Gasteiger partial charge >= 0.3 is 0 Å². The molecule has 0 saturated carbocycles. The third-order valence-corrected chi connectivity index (χ3v) is 4.13. The number of imidazole rings is 1. The Morgan fingerprint density at radius 2 is 1.89 bits per heavy atom. The van der Waals surface area contributed by atoms with Crippen molar-refractivity contribution in [3.63, 3.8) is 0 Å². The highest BCUT2D eigenvalue weighted by Crippen LogP contribution is 2.30. The molecule has 27 heavy (non-hydrogen) atoms. The van der Waals surface area contributed by atoms with E-state index in [1.54, 1.807) is 34.5 Å². The summed E-state index contributed by atoms with van der Waals surface area (Å²) in [5.41, 5.74) is 3.65. The molecule has 0 radical (unpaired) electrons. The summed E-state index contributed by atoms with van der Waals surface area (Å²) in [4.78, 5) is 15.9. The highest BCUT2D eigenvalue weighted by molar-refractivity contribution is 5.89. The van der Waals surface area contributed by atoms with Crippen LogP contribution in [0.5, 0.6) is 0 Å². The number of carbonyl (C=O) groups is 1. The topological polar surface area (TPSA) is 77.1 Å². The third kappa shape index (κ3) is 3.29. The number of hydrogen-bond donors (Lipinski definition) is 1. The highest BCUT2D eigenvalue weighted by atomic mass is 19.1. The van der Waals surface area contributed by atoms with Crippen LogP contribution in [0.1, 0.15) is 13.3 Å². The van der Waals surface area contributed by atoms with Crippen LogP contribution in [0.3, 0.4) is 0 Å². The molecule has 0 aliphatic carbocycles. The Hall–Kier alpha value is -3.55. The SMILES string of the molecule is CCC(=O)Nc1cn2nc(-c3cn(C)nc3-c3ccc(F)cc3)ccc2n1. The molecule has 3 heterocycles. The van der Waals surface area contributed by atoms with Gasteiger partial charge in [0.05, 0.1) is 11.9 Å². The van der Waals surface area contributed by atoms with Gasteiger partial charge in [0.2, 0.25) is 5.91 Å². The number of fused-ring (bicyclic) bond motifs is 1. The summed E-state index contributed by atoms with van der Waals surface area (Å²) in [6.07, 6.45) is 3.91. The van der Waals surface area contributed by atoms with Gasteiger partial charge < -0.3 is 5.32 Å². The number of benzene rings is 1. The maximum absolute atomic E-state index is 13.2. The van der Waals surface area contributed by atoms with E-state index in [2.05, 4.69) is 20.5 Å². The zero-order valence-electron chi connectivity index (χ0n) is 14.8. The molecule has 4 rings (SSSR count). The predicted octanol–water partition coefficient (Wildman–Crippen LogP) is 3.28. The minimum atomic E-state index is -0.296. The summed E-state index contributed by atoms with van der Waals surface area (Å²) < 4.78 is 16.6. The summed E-state index contributed by atoms with van der Waals surface area (Å²) in [6, 6.07) is 9.86. The molecule has 0 spiro atoms. The van der Waals surface area contributed by atoms with E-state index in [-0.39, 0.29) is 11.7 Å². The number of halogens is 1. The Balaban J connectivity index is 1.76. The second-order valence-electron chi connectivity index (χ2n) is 6.12. The average molecular weight is 364 g/mol. The number of rotatable bonds is 4. The van der Waals surface area contributed by atoms with Crippen molar-refractivity contribution in [2.45, 2.75) is 13.3 Å². The molecule has 1 aromatic carbocycles.